The molecule has 0 aromatic heterocycles. The Morgan fingerprint density at radius 1 is 0.417 bits per heavy atom. The molecule has 0 radical (unpaired) electrons. The molecule has 0 fully saturated rings. The summed E-state index contributed by atoms with van der Waals surface area (Å²) in [7, 11) is -6.37. The molecule has 6 atom stereocenters. The predicted molar refractivity (Wildman–Crippen MR) is 237 cm³/mol. The van der Waals surface area contributed by atoms with Crippen molar-refractivity contribution >= 4 is 39.9 Å². The summed E-state index contributed by atoms with van der Waals surface area (Å²) in [6.07, 6.45) is 7.54. The van der Waals surface area contributed by atoms with Crippen molar-refractivity contribution in [2.45, 2.75) is 80.6 Å². The standard InChI is InChI=1S/3C14H23O2P.3CO2/c3*1-4-13(2)11-17(3,15)12-16-10-14-8-6-5-7-9-14;3*2-1-3/h3*5-9,13H,4,10-12H2,1-3H3;;;/t13-,17+;2*13-,17-;;;/m000.../s1. The van der Waals surface area contributed by atoms with E-state index in [4.69, 9.17) is 43.0 Å². The van der Waals surface area contributed by atoms with Crippen molar-refractivity contribution in [1.82, 2.24) is 0 Å². The van der Waals surface area contributed by atoms with Crippen molar-refractivity contribution in [3.8, 4) is 0 Å². The number of ether oxygens (including phenoxy) is 3. The highest BCUT2D eigenvalue weighted by molar-refractivity contribution is 7.63. The highest BCUT2D eigenvalue weighted by Gasteiger charge is 2.20. The monoisotopic (exact) mass is 894 g/mol. The van der Waals surface area contributed by atoms with Gasteiger partial charge in [-0.3, -0.25) is 0 Å². The van der Waals surface area contributed by atoms with Gasteiger partial charge in [-0.05, 0) is 54.4 Å². The minimum atomic E-state index is -2.12. The molecule has 0 unspecified atom stereocenters. The van der Waals surface area contributed by atoms with Crippen LogP contribution >= 0.6 is 21.4 Å². The summed E-state index contributed by atoms with van der Waals surface area (Å²) in [6.45, 7) is 20.1. The van der Waals surface area contributed by atoms with Gasteiger partial charge in [-0.25, -0.2) is 0 Å². The molecule has 3 aromatic rings. The fourth-order valence-corrected chi connectivity index (χ4v) is 11.8. The third-order valence-electron chi connectivity index (χ3n) is 8.61. The molecular formula is C45H69O12P3. The predicted octanol–water partition coefficient (Wildman–Crippen LogP) is 10.8. The summed E-state index contributed by atoms with van der Waals surface area (Å²) in [5.41, 5.74) is 3.41. The largest absolute Gasteiger partial charge is 0.373 e. The van der Waals surface area contributed by atoms with Gasteiger partial charge < -0.3 is 27.9 Å². The Hall–Kier alpha value is -3.63. The van der Waals surface area contributed by atoms with E-state index < -0.39 is 21.4 Å². The van der Waals surface area contributed by atoms with Crippen molar-refractivity contribution in [1.29, 1.82) is 0 Å². The SMILES string of the molecule is CC[C@H](C)C[P@@](C)(=O)COCc1ccccc1.CC[C@H](C)C[P@](C)(=O)COCc1ccccc1.CC[C@H](C)C[P@](C)(=O)COCc1ccccc1.O=C=O.O=C=O.O=C=O. The fourth-order valence-electron chi connectivity index (χ4n) is 5.32. The van der Waals surface area contributed by atoms with Crippen LogP contribution in [0.1, 0.15) is 77.5 Å². The molecular weight excluding hydrogens is 825 g/mol. The molecule has 0 saturated heterocycles. The van der Waals surface area contributed by atoms with E-state index in [1.807, 2.05) is 111 Å². The van der Waals surface area contributed by atoms with Gasteiger partial charge in [-0.15, -0.1) is 0 Å². The van der Waals surface area contributed by atoms with E-state index in [0.29, 0.717) is 56.6 Å². The second kappa shape index (κ2) is 38.3. The summed E-state index contributed by atoms with van der Waals surface area (Å²) in [5, 5.41) is 0. The Balaban J connectivity index is -0.000000736. The first kappa shape index (κ1) is 60.7. The molecule has 0 heterocycles. The topological polar surface area (TPSA) is 181 Å². The maximum absolute atomic E-state index is 12.2. The van der Waals surface area contributed by atoms with Crippen LogP contribution in [0.3, 0.4) is 0 Å². The lowest BCUT2D eigenvalue weighted by Crippen LogP contribution is -2.05. The summed E-state index contributed by atoms with van der Waals surface area (Å²) in [6, 6.07) is 30.0. The average molecular weight is 895 g/mol. The quantitative estimate of drug-likeness (QED) is 0.0924. The fraction of sp³-hybridized carbons (Fsp3) is 0.533. The second-order valence-corrected chi connectivity index (χ2v) is 24.8. The summed E-state index contributed by atoms with van der Waals surface area (Å²) in [5.74, 6) is 1.56. The number of carbonyl (C=O) groups excluding carboxylic acids is 6. The Morgan fingerprint density at radius 3 is 0.767 bits per heavy atom. The zero-order chi connectivity index (χ0) is 46.3. The number of hydrogen-bond donors (Lipinski definition) is 0. The van der Waals surface area contributed by atoms with E-state index in [2.05, 4.69) is 41.5 Å². The lowest BCUT2D eigenvalue weighted by molar-refractivity contribution is -0.193. The van der Waals surface area contributed by atoms with Crippen molar-refractivity contribution < 1.29 is 56.7 Å². The smallest absolute Gasteiger partial charge is 0.369 e. The van der Waals surface area contributed by atoms with Gasteiger partial charge in [-0.1, -0.05) is 152 Å². The first-order valence-electron chi connectivity index (χ1n) is 19.8. The molecule has 3 rings (SSSR count). The molecule has 60 heavy (non-hydrogen) atoms. The van der Waals surface area contributed by atoms with Gasteiger partial charge in [-0.2, -0.15) is 28.8 Å². The van der Waals surface area contributed by atoms with Crippen LogP contribution in [0.5, 0.6) is 0 Å². The zero-order valence-corrected chi connectivity index (χ0v) is 39.8. The van der Waals surface area contributed by atoms with Crippen LogP contribution in [0.2, 0.25) is 0 Å². The molecule has 0 spiro atoms. The lowest BCUT2D eigenvalue weighted by Gasteiger charge is -2.17. The van der Waals surface area contributed by atoms with Gasteiger partial charge in [0.05, 0.1) is 38.9 Å². The molecule has 0 N–H and O–H groups in total. The Morgan fingerprint density at radius 2 is 0.600 bits per heavy atom. The molecule has 0 bridgehead atoms. The maximum Gasteiger partial charge on any atom is 0.373 e. The number of benzene rings is 3. The first-order chi connectivity index (χ1) is 28.3. The van der Waals surface area contributed by atoms with Crippen molar-refractivity contribution in [3.63, 3.8) is 0 Å². The Labute approximate surface area is 359 Å². The summed E-state index contributed by atoms with van der Waals surface area (Å²) >= 11 is 0. The van der Waals surface area contributed by atoms with Crippen molar-refractivity contribution in [3.05, 3.63) is 108 Å². The van der Waals surface area contributed by atoms with Crippen LogP contribution in [-0.4, -0.2) is 76.0 Å². The highest BCUT2D eigenvalue weighted by atomic mass is 31.2. The molecule has 3 aromatic carbocycles. The van der Waals surface area contributed by atoms with Crippen molar-refractivity contribution in [2.75, 3.05) is 57.5 Å². The molecule has 15 heteroatoms. The van der Waals surface area contributed by atoms with Gasteiger partial charge >= 0.3 is 18.5 Å². The number of rotatable bonds is 21. The van der Waals surface area contributed by atoms with E-state index in [9.17, 15) is 13.7 Å². The second-order valence-electron chi connectivity index (χ2n) is 15.1. The molecule has 0 saturated carbocycles. The Kier molecular flexibility index (Phi) is 38.7. The normalized spacial score (nSPS) is 14.3. The van der Waals surface area contributed by atoms with Gasteiger partial charge in [0.25, 0.3) is 0 Å². The minimum absolute atomic E-state index is 0.250. The van der Waals surface area contributed by atoms with Crippen LogP contribution in [0.4, 0.5) is 0 Å². The van der Waals surface area contributed by atoms with Crippen LogP contribution in [0, 0.1) is 17.8 Å². The Bertz CT molecular complexity index is 1520. The van der Waals surface area contributed by atoms with Crippen LogP contribution < -0.4 is 0 Å². The van der Waals surface area contributed by atoms with E-state index in [-0.39, 0.29) is 18.5 Å². The molecule has 12 nitrogen and oxygen atoms in total. The van der Waals surface area contributed by atoms with Gasteiger partial charge in [0, 0.05) is 18.5 Å². The van der Waals surface area contributed by atoms with Crippen LogP contribution in [-0.2, 0) is 76.5 Å². The molecule has 0 aliphatic rings. The molecule has 0 aliphatic carbocycles. The van der Waals surface area contributed by atoms with Gasteiger partial charge in [0.1, 0.15) is 21.4 Å². The lowest BCUT2D eigenvalue weighted by atomic mass is 10.2. The minimum Gasteiger partial charge on any atom is -0.369 e. The van der Waals surface area contributed by atoms with Crippen molar-refractivity contribution in [2.24, 2.45) is 17.8 Å². The van der Waals surface area contributed by atoms with E-state index in [0.717, 1.165) is 54.4 Å². The van der Waals surface area contributed by atoms with E-state index in [1.54, 1.807) is 0 Å². The molecule has 336 valence electrons. The highest BCUT2D eigenvalue weighted by Crippen LogP contribution is 2.45. The summed E-state index contributed by atoms with van der Waals surface area (Å²) in [4.78, 5) is 48.8. The van der Waals surface area contributed by atoms with Crippen LogP contribution in [0.15, 0.2) is 91.0 Å². The zero-order valence-electron chi connectivity index (χ0n) is 37.1. The maximum atomic E-state index is 12.2. The van der Waals surface area contributed by atoms with E-state index in [1.165, 1.54) is 0 Å². The average Bonchev–Trinajstić information content (AvgIpc) is 3.19. The first-order valence-corrected chi connectivity index (χ1v) is 27.4. The third-order valence-corrected chi connectivity index (χ3v) is 15.0. The molecule has 0 aliphatic heterocycles. The molecule has 0 amide bonds. The number of hydrogen-bond acceptors (Lipinski definition) is 12. The third kappa shape index (κ3) is 39.8. The van der Waals surface area contributed by atoms with Gasteiger partial charge in [0.15, 0.2) is 0 Å². The summed E-state index contributed by atoms with van der Waals surface area (Å²) < 4.78 is 53.4. The van der Waals surface area contributed by atoms with Gasteiger partial charge in [0.2, 0.25) is 0 Å². The van der Waals surface area contributed by atoms with Crippen LogP contribution in [0.25, 0.3) is 0 Å². The van der Waals surface area contributed by atoms with E-state index >= 15 is 0 Å².